The standard InChI is InChI=1S/C11H16O3/c1-11(14-3)9-6-7(13-2)4-5-8(9)10(11)12/h6,8-9H,4-5H2,1-3H3/t8-,9+,11+/m0/s1. The average Bonchev–Trinajstić information content (AvgIpc) is 2.26. The Morgan fingerprint density at radius 3 is 2.79 bits per heavy atom. The van der Waals surface area contributed by atoms with Crippen molar-refractivity contribution >= 4 is 5.78 Å². The van der Waals surface area contributed by atoms with Gasteiger partial charge in [0.05, 0.1) is 12.9 Å². The minimum Gasteiger partial charge on any atom is -0.501 e. The fourth-order valence-electron chi connectivity index (χ4n) is 2.56. The van der Waals surface area contributed by atoms with Gasteiger partial charge in [0.25, 0.3) is 0 Å². The largest absolute Gasteiger partial charge is 0.501 e. The summed E-state index contributed by atoms with van der Waals surface area (Å²) in [6, 6.07) is 0. The van der Waals surface area contributed by atoms with Crippen molar-refractivity contribution < 1.29 is 14.3 Å². The number of carbonyl (C=O) groups excluding carboxylic acids is 1. The lowest BCUT2D eigenvalue weighted by Crippen LogP contribution is -2.62. The Labute approximate surface area is 84.1 Å². The molecule has 0 spiro atoms. The van der Waals surface area contributed by atoms with Crippen LogP contribution in [0, 0.1) is 11.8 Å². The molecular formula is C11H16O3. The molecule has 14 heavy (non-hydrogen) atoms. The van der Waals surface area contributed by atoms with E-state index >= 15 is 0 Å². The lowest BCUT2D eigenvalue weighted by molar-refractivity contribution is -0.175. The molecule has 3 atom stereocenters. The molecule has 3 heteroatoms. The van der Waals surface area contributed by atoms with Crippen LogP contribution in [0.4, 0.5) is 0 Å². The minimum absolute atomic E-state index is 0.166. The molecule has 0 heterocycles. The fraction of sp³-hybridized carbons (Fsp3) is 0.727. The van der Waals surface area contributed by atoms with Gasteiger partial charge in [-0.1, -0.05) is 0 Å². The summed E-state index contributed by atoms with van der Waals surface area (Å²) in [5.41, 5.74) is -0.602. The molecule has 2 rings (SSSR count). The van der Waals surface area contributed by atoms with Crippen molar-refractivity contribution in [1.82, 2.24) is 0 Å². The Kier molecular flexibility index (Phi) is 2.14. The minimum atomic E-state index is -0.602. The molecule has 0 aromatic rings. The molecule has 1 fully saturated rings. The maximum Gasteiger partial charge on any atom is 0.168 e. The van der Waals surface area contributed by atoms with Crippen LogP contribution in [0.25, 0.3) is 0 Å². The van der Waals surface area contributed by atoms with Crippen LogP contribution < -0.4 is 0 Å². The Bertz CT molecular complexity index is 295. The Hall–Kier alpha value is -0.830. The number of Topliss-reactive ketones (excluding diaryl/α,β-unsaturated/α-hetero) is 1. The van der Waals surface area contributed by atoms with Crippen LogP contribution in [0.3, 0.4) is 0 Å². The van der Waals surface area contributed by atoms with E-state index in [2.05, 4.69) is 6.08 Å². The number of methoxy groups -OCH3 is 2. The van der Waals surface area contributed by atoms with Crippen LogP contribution in [-0.4, -0.2) is 25.6 Å². The zero-order valence-corrected chi connectivity index (χ0v) is 8.87. The van der Waals surface area contributed by atoms with Gasteiger partial charge in [0, 0.05) is 25.4 Å². The molecule has 0 amide bonds. The van der Waals surface area contributed by atoms with Gasteiger partial charge in [-0.2, -0.15) is 0 Å². The third-order valence-electron chi connectivity index (χ3n) is 3.65. The maximum absolute atomic E-state index is 11.7. The molecule has 3 nitrogen and oxygen atoms in total. The van der Waals surface area contributed by atoms with Gasteiger partial charge in [0.1, 0.15) is 5.60 Å². The van der Waals surface area contributed by atoms with Crippen LogP contribution in [0.2, 0.25) is 0 Å². The third-order valence-corrected chi connectivity index (χ3v) is 3.65. The number of carbonyl (C=O) groups is 1. The number of hydrogen-bond acceptors (Lipinski definition) is 3. The quantitative estimate of drug-likeness (QED) is 0.672. The molecule has 0 aromatic carbocycles. The highest BCUT2D eigenvalue weighted by atomic mass is 16.5. The van der Waals surface area contributed by atoms with Gasteiger partial charge in [0.15, 0.2) is 5.78 Å². The predicted molar refractivity (Wildman–Crippen MR) is 51.7 cm³/mol. The monoisotopic (exact) mass is 196 g/mol. The van der Waals surface area contributed by atoms with Gasteiger partial charge in [-0.25, -0.2) is 0 Å². The van der Waals surface area contributed by atoms with Crippen LogP contribution >= 0.6 is 0 Å². The normalized spacial score (nSPS) is 41.1. The van der Waals surface area contributed by atoms with Gasteiger partial charge in [-0.15, -0.1) is 0 Å². The van der Waals surface area contributed by atoms with E-state index in [4.69, 9.17) is 9.47 Å². The molecule has 78 valence electrons. The SMILES string of the molecule is COC1=C[C@@H]2[C@H](CC1)C(=O)[C@]2(C)OC. The van der Waals surface area contributed by atoms with Gasteiger partial charge in [0.2, 0.25) is 0 Å². The summed E-state index contributed by atoms with van der Waals surface area (Å²) in [5.74, 6) is 1.61. The Balaban J connectivity index is 2.24. The molecule has 2 aliphatic rings. The van der Waals surface area contributed by atoms with E-state index in [1.165, 1.54) is 0 Å². The number of hydrogen-bond donors (Lipinski definition) is 0. The topological polar surface area (TPSA) is 35.5 Å². The van der Waals surface area contributed by atoms with Crippen molar-refractivity contribution in [2.75, 3.05) is 14.2 Å². The van der Waals surface area contributed by atoms with Crippen LogP contribution in [0.5, 0.6) is 0 Å². The molecule has 1 saturated carbocycles. The number of fused-ring (bicyclic) bond motifs is 1. The van der Waals surface area contributed by atoms with Crippen molar-refractivity contribution in [1.29, 1.82) is 0 Å². The molecule has 0 N–H and O–H groups in total. The summed E-state index contributed by atoms with van der Waals surface area (Å²) < 4.78 is 10.5. The zero-order valence-electron chi connectivity index (χ0n) is 8.87. The smallest absolute Gasteiger partial charge is 0.168 e. The highest BCUT2D eigenvalue weighted by Crippen LogP contribution is 2.49. The van der Waals surface area contributed by atoms with E-state index in [0.29, 0.717) is 0 Å². The van der Waals surface area contributed by atoms with Crippen LogP contribution in [0.15, 0.2) is 11.8 Å². The van der Waals surface area contributed by atoms with Crippen LogP contribution in [-0.2, 0) is 14.3 Å². The first kappa shape index (κ1) is 9.71. The number of ether oxygens (including phenoxy) is 2. The van der Waals surface area contributed by atoms with Gasteiger partial charge in [-0.3, -0.25) is 4.79 Å². The Morgan fingerprint density at radius 1 is 1.50 bits per heavy atom. The second-order valence-electron chi connectivity index (χ2n) is 4.18. The molecule has 2 aliphatic carbocycles. The number of ketones is 1. The highest BCUT2D eigenvalue weighted by Gasteiger charge is 2.59. The van der Waals surface area contributed by atoms with E-state index in [0.717, 1.165) is 18.6 Å². The van der Waals surface area contributed by atoms with Crippen molar-refractivity contribution in [3.05, 3.63) is 11.8 Å². The molecular weight excluding hydrogens is 180 g/mol. The van der Waals surface area contributed by atoms with Gasteiger partial charge in [-0.05, 0) is 19.4 Å². The summed E-state index contributed by atoms with van der Waals surface area (Å²) in [7, 11) is 3.28. The molecule has 0 radical (unpaired) electrons. The maximum atomic E-state index is 11.7. The molecule has 0 bridgehead atoms. The second kappa shape index (κ2) is 3.09. The zero-order chi connectivity index (χ0) is 10.3. The summed E-state index contributed by atoms with van der Waals surface area (Å²) in [6.07, 6.45) is 3.84. The number of allylic oxidation sites excluding steroid dienone is 1. The van der Waals surface area contributed by atoms with Crippen molar-refractivity contribution in [2.45, 2.75) is 25.4 Å². The first-order chi connectivity index (χ1) is 6.63. The Morgan fingerprint density at radius 2 is 2.21 bits per heavy atom. The van der Waals surface area contributed by atoms with E-state index in [9.17, 15) is 4.79 Å². The van der Waals surface area contributed by atoms with Crippen LogP contribution in [0.1, 0.15) is 19.8 Å². The molecule has 0 aliphatic heterocycles. The van der Waals surface area contributed by atoms with E-state index < -0.39 is 5.60 Å². The lowest BCUT2D eigenvalue weighted by Gasteiger charge is -2.50. The highest BCUT2D eigenvalue weighted by molar-refractivity contribution is 5.97. The molecule has 0 unspecified atom stereocenters. The number of rotatable bonds is 2. The molecule has 0 aromatic heterocycles. The fourth-order valence-corrected chi connectivity index (χ4v) is 2.56. The van der Waals surface area contributed by atoms with E-state index in [1.54, 1.807) is 14.2 Å². The predicted octanol–water partition coefficient (Wildman–Crippen LogP) is 1.53. The lowest BCUT2D eigenvalue weighted by atomic mass is 9.57. The molecule has 0 saturated heterocycles. The van der Waals surface area contributed by atoms with E-state index in [1.807, 2.05) is 6.92 Å². The summed E-state index contributed by atoms with van der Waals surface area (Å²) in [6.45, 7) is 1.87. The van der Waals surface area contributed by atoms with E-state index in [-0.39, 0.29) is 17.6 Å². The van der Waals surface area contributed by atoms with Crippen molar-refractivity contribution in [2.24, 2.45) is 11.8 Å². The first-order valence-corrected chi connectivity index (χ1v) is 4.97. The van der Waals surface area contributed by atoms with Gasteiger partial charge < -0.3 is 9.47 Å². The summed E-state index contributed by atoms with van der Waals surface area (Å²) >= 11 is 0. The third kappa shape index (κ3) is 1.05. The first-order valence-electron chi connectivity index (χ1n) is 4.97. The second-order valence-corrected chi connectivity index (χ2v) is 4.18. The van der Waals surface area contributed by atoms with Crippen molar-refractivity contribution in [3.63, 3.8) is 0 Å². The van der Waals surface area contributed by atoms with Crippen molar-refractivity contribution in [3.8, 4) is 0 Å². The van der Waals surface area contributed by atoms with Gasteiger partial charge >= 0.3 is 0 Å². The average molecular weight is 196 g/mol. The summed E-state index contributed by atoms with van der Waals surface area (Å²) in [5, 5.41) is 0. The summed E-state index contributed by atoms with van der Waals surface area (Å²) in [4.78, 5) is 11.7.